The molecule has 5 atom stereocenters. The molecule has 0 spiro atoms. The molecule has 1 rings (SSSR count). The van der Waals surface area contributed by atoms with Gasteiger partial charge in [0.15, 0.2) is 0 Å². The van der Waals surface area contributed by atoms with E-state index in [0.29, 0.717) is 0 Å². The van der Waals surface area contributed by atoms with Crippen LogP contribution in [0.1, 0.15) is 20.8 Å². The molecule has 0 aromatic heterocycles. The number of rotatable bonds is 2. The topological polar surface area (TPSA) is 98.5 Å². The van der Waals surface area contributed by atoms with Crippen molar-refractivity contribution in [3.63, 3.8) is 0 Å². The molecule has 98 valence electrons. The number of ether oxygens (including phenoxy) is 1. The smallest absolute Gasteiger partial charge is 0.116 e. The predicted molar refractivity (Wildman–Crippen MR) is 59.0 cm³/mol. The van der Waals surface area contributed by atoms with Crippen molar-refractivity contribution in [1.82, 2.24) is 0 Å². The van der Waals surface area contributed by atoms with Gasteiger partial charge in [0.25, 0.3) is 0 Å². The van der Waals surface area contributed by atoms with E-state index in [1.807, 2.05) is 20.8 Å². The van der Waals surface area contributed by atoms with Gasteiger partial charge in [-0.15, -0.1) is 0 Å². The van der Waals surface area contributed by atoms with Gasteiger partial charge in [-0.1, -0.05) is 25.9 Å². The van der Waals surface area contributed by atoms with Gasteiger partial charge in [0, 0.05) is 4.91 Å². The van der Waals surface area contributed by atoms with Crippen LogP contribution < -0.4 is 0 Å². The highest BCUT2D eigenvalue weighted by atomic mass is 19.1. The summed E-state index contributed by atoms with van der Waals surface area (Å²) < 4.78 is 18.2. The molecule has 7 heteroatoms. The standard InChI is InChI=1S/C10H18FN3O3/c1-10(2,3)9-8(16)7(15)6(13-14-12)5(4-11)17-9/h5-9,15-16H,4H2,1-3H3. The number of aliphatic hydroxyl groups excluding tert-OH is 2. The summed E-state index contributed by atoms with van der Waals surface area (Å²) in [5.74, 6) is 0. The van der Waals surface area contributed by atoms with E-state index in [2.05, 4.69) is 10.0 Å². The van der Waals surface area contributed by atoms with Crippen LogP contribution in [0.2, 0.25) is 0 Å². The van der Waals surface area contributed by atoms with E-state index in [4.69, 9.17) is 10.3 Å². The highest BCUT2D eigenvalue weighted by Gasteiger charge is 2.48. The summed E-state index contributed by atoms with van der Waals surface area (Å²) >= 11 is 0. The van der Waals surface area contributed by atoms with Crippen molar-refractivity contribution in [1.29, 1.82) is 0 Å². The fraction of sp³-hybridized carbons (Fsp3) is 1.00. The minimum Gasteiger partial charge on any atom is -0.390 e. The third-order valence-electron chi connectivity index (χ3n) is 2.90. The Morgan fingerprint density at radius 2 is 1.94 bits per heavy atom. The van der Waals surface area contributed by atoms with Crippen molar-refractivity contribution in [3.8, 4) is 0 Å². The Kier molecular flexibility index (Phi) is 4.32. The zero-order valence-corrected chi connectivity index (χ0v) is 10.1. The van der Waals surface area contributed by atoms with Crippen LogP contribution >= 0.6 is 0 Å². The summed E-state index contributed by atoms with van der Waals surface area (Å²) in [6.45, 7) is 4.57. The Labute approximate surface area is 99.0 Å². The number of azide groups is 1. The van der Waals surface area contributed by atoms with Gasteiger partial charge >= 0.3 is 0 Å². The van der Waals surface area contributed by atoms with E-state index in [1.165, 1.54) is 0 Å². The van der Waals surface area contributed by atoms with Gasteiger partial charge in [-0.25, -0.2) is 4.39 Å². The van der Waals surface area contributed by atoms with Crippen molar-refractivity contribution >= 4 is 0 Å². The van der Waals surface area contributed by atoms with E-state index >= 15 is 0 Å². The minimum atomic E-state index is -1.32. The minimum absolute atomic E-state index is 0.449. The first kappa shape index (κ1) is 14.2. The van der Waals surface area contributed by atoms with Crippen LogP contribution in [0.25, 0.3) is 10.4 Å². The van der Waals surface area contributed by atoms with Crippen LogP contribution in [0.5, 0.6) is 0 Å². The van der Waals surface area contributed by atoms with Crippen LogP contribution in [0, 0.1) is 5.41 Å². The molecule has 0 radical (unpaired) electrons. The van der Waals surface area contributed by atoms with E-state index in [1.54, 1.807) is 0 Å². The van der Waals surface area contributed by atoms with Crippen LogP contribution in [0.4, 0.5) is 4.39 Å². The maximum atomic E-state index is 12.8. The van der Waals surface area contributed by atoms with Gasteiger partial charge in [0.2, 0.25) is 0 Å². The van der Waals surface area contributed by atoms with Crippen molar-refractivity contribution < 1.29 is 19.3 Å². The first-order valence-electron chi connectivity index (χ1n) is 5.44. The summed E-state index contributed by atoms with van der Waals surface area (Å²) in [7, 11) is 0. The van der Waals surface area contributed by atoms with Crippen molar-refractivity contribution in [2.45, 2.75) is 51.2 Å². The second kappa shape index (κ2) is 5.18. The molecule has 0 aliphatic carbocycles. The third kappa shape index (κ3) is 2.87. The summed E-state index contributed by atoms with van der Waals surface area (Å²) in [6.07, 6.45) is -4.24. The van der Waals surface area contributed by atoms with Gasteiger partial charge in [-0.2, -0.15) is 0 Å². The number of hydrogen-bond donors (Lipinski definition) is 2. The molecule has 1 heterocycles. The number of nitrogens with zero attached hydrogens (tertiary/aromatic N) is 3. The second-order valence-electron chi connectivity index (χ2n) is 5.29. The molecule has 6 nitrogen and oxygen atoms in total. The molecule has 2 N–H and O–H groups in total. The van der Waals surface area contributed by atoms with E-state index in [0.717, 1.165) is 0 Å². The van der Waals surface area contributed by atoms with Crippen molar-refractivity contribution in [2.24, 2.45) is 10.5 Å². The zero-order chi connectivity index (χ0) is 13.2. The molecule has 0 bridgehead atoms. The molecule has 0 aromatic rings. The van der Waals surface area contributed by atoms with E-state index in [9.17, 15) is 14.6 Å². The second-order valence-corrected chi connectivity index (χ2v) is 5.29. The molecule has 17 heavy (non-hydrogen) atoms. The molecule has 1 saturated heterocycles. The number of alkyl halides is 1. The fourth-order valence-corrected chi connectivity index (χ4v) is 2.00. The average molecular weight is 247 g/mol. The first-order valence-corrected chi connectivity index (χ1v) is 5.44. The Balaban J connectivity index is 2.97. The van der Waals surface area contributed by atoms with Crippen molar-refractivity contribution in [2.75, 3.05) is 6.67 Å². The van der Waals surface area contributed by atoms with E-state index in [-0.39, 0.29) is 0 Å². The lowest BCUT2D eigenvalue weighted by Crippen LogP contribution is -2.60. The van der Waals surface area contributed by atoms with Gasteiger partial charge in [0.1, 0.15) is 12.8 Å². The Morgan fingerprint density at radius 3 is 2.35 bits per heavy atom. The number of aliphatic hydroxyl groups is 2. The lowest BCUT2D eigenvalue weighted by Gasteiger charge is -2.45. The fourth-order valence-electron chi connectivity index (χ4n) is 2.00. The van der Waals surface area contributed by atoms with Gasteiger partial charge < -0.3 is 14.9 Å². The largest absolute Gasteiger partial charge is 0.390 e. The molecule has 1 aliphatic heterocycles. The molecule has 0 amide bonds. The lowest BCUT2D eigenvalue weighted by atomic mass is 9.80. The molecule has 1 aliphatic rings. The normalized spacial score (nSPS) is 38.6. The maximum Gasteiger partial charge on any atom is 0.116 e. The van der Waals surface area contributed by atoms with E-state index < -0.39 is 42.5 Å². The number of halogens is 1. The van der Waals surface area contributed by atoms with Crippen LogP contribution in [-0.4, -0.2) is 47.3 Å². The Morgan fingerprint density at radius 1 is 1.35 bits per heavy atom. The molecule has 1 fully saturated rings. The third-order valence-corrected chi connectivity index (χ3v) is 2.90. The monoisotopic (exact) mass is 247 g/mol. The van der Waals surface area contributed by atoms with Crippen LogP contribution in [0.15, 0.2) is 5.11 Å². The molecular weight excluding hydrogens is 229 g/mol. The SMILES string of the molecule is CC(C)(C)C1OC(CF)C(N=[N+]=[N-])C(O)C1O. The zero-order valence-electron chi connectivity index (χ0n) is 10.1. The van der Waals surface area contributed by atoms with Crippen LogP contribution in [0.3, 0.4) is 0 Å². The molecule has 0 saturated carbocycles. The first-order chi connectivity index (χ1) is 7.82. The quantitative estimate of drug-likeness (QED) is 0.435. The molecule has 0 aromatic carbocycles. The highest BCUT2D eigenvalue weighted by molar-refractivity contribution is 4.99. The van der Waals surface area contributed by atoms with Gasteiger partial charge in [0.05, 0.1) is 24.4 Å². The Bertz CT molecular complexity index is 312. The van der Waals surface area contributed by atoms with Crippen LogP contribution in [-0.2, 0) is 4.74 Å². The number of hydrogen-bond acceptors (Lipinski definition) is 4. The van der Waals surface area contributed by atoms with Gasteiger partial charge in [-0.3, -0.25) is 0 Å². The Hall–Kier alpha value is -0.880. The summed E-state index contributed by atoms with van der Waals surface area (Å²) in [6, 6.07) is -1.10. The highest BCUT2D eigenvalue weighted by Crippen LogP contribution is 2.34. The summed E-state index contributed by atoms with van der Waals surface area (Å²) in [5, 5.41) is 23.0. The average Bonchev–Trinajstić information content (AvgIpc) is 2.23. The molecule has 5 unspecified atom stereocenters. The maximum absolute atomic E-state index is 12.8. The summed E-state index contributed by atoms with van der Waals surface area (Å²) in [4.78, 5) is 2.54. The van der Waals surface area contributed by atoms with Crippen molar-refractivity contribution in [3.05, 3.63) is 10.4 Å². The molecular formula is C10H18FN3O3. The summed E-state index contributed by atoms with van der Waals surface area (Å²) in [5.41, 5.74) is 7.90. The lowest BCUT2D eigenvalue weighted by molar-refractivity contribution is -0.210. The predicted octanol–water partition coefficient (Wildman–Crippen LogP) is 1.17. The van der Waals surface area contributed by atoms with Gasteiger partial charge in [-0.05, 0) is 10.9 Å².